The SMILES string of the molecule is CC.CC.CCC(CC)Cc1nncn1C.CCc1cc2c(c(C(F)(F)F)c1)CN(c1ccccc1)C2=O. The molecule has 0 saturated carbocycles. The average Bonchev–Trinajstić information content (AvgIpc) is 3.51. The number of aryl methyl sites for hydroxylation is 2. The molecule has 0 spiro atoms. The van der Waals surface area contributed by atoms with Crippen molar-refractivity contribution in [2.24, 2.45) is 13.0 Å². The maximum atomic E-state index is 13.3. The molecule has 2 heterocycles. The van der Waals surface area contributed by atoms with Crippen molar-refractivity contribution in [2.45, 2.75) is 86.9 Å². The first-order valence-corrected chi connectivity index (χ1v) is 13.6. The van der Waals surface area contributed by atoms with Gasteiger partial charge in [0, 0.05) is 24.7 Å². The number of anilines is 1. The lowest BCUT2D eigenvalue weighted by molar-refractivity contribution is -0.138. The van der Waals surface area contributed by atoms with Gasteiger partial charge in [0.25, 0.3) is 5.91 Å². The van der Waals surface area contributed by atoms with Gasteiger partial charge in [-0.05, 0) is 47.7 Å². The van der Waals surface area contributed by atoms with Crippen molar-refractivity contribution in [3.05, 3.63) is 76.9 Å². The molecule has 0 bridgehead atoms. The van der Waals surface area contributed by atoms with Gasteiger partial charge in [-0.15, -0.1) is 10.2 Å². The van der Waals surface area contributed by atoms with Gasteiger partial charge in [0.15, 0.2) is 0 Å². The Morgan fingerprint density at radius 2 is 1.58 bits per heavy atom. The van der Waals surface area contributed by atoms with E-state index in [0.29, 0.717) is 17.7 Å². The Kier molecular flexibility index (Phi) is 13.8. The normalized spacial score (nSPS) is 12.1. The zero-order valence-corrected chi connectivity index (χ0v) is 24.1. The van der Waals surface area contributed by atoms with Crippen molar-refractivity contribution in [1.29, 1.82) is 0 Å². The molecule has 1 amide bonds. The molecule has 0 aliphatic carbocycles. The number of amides is 1. The van der Waals surface area contributed by atoms with Gasteiger partial charge in [-0.2, -0.15) is 13.2 Å². The molecule has 0 radical (unpaired) electrons. The van der Waals surface area contributed by atoms with Crippen LogP contribution in [0, 0.1) is 5.92 Å². The summed E-state index contributed by atoms with van der Waals surface area (Å²) < 4.78 is 41.9. The summed E-state index contributed by atoms with van der Waals surface area (Å²) in [5, 5.41) is 7.92. The molecule has 38 heavy (non-hydrogen) atoms. The fourth-order valence-corrected chi connectivity index (χ4v) is 4.07. The van der Waals surface area contributed by atoms with Gasteiger partial charge < -0.3 is 9.47 Å². The Morgan fingerprint density at radius 3 is 2.05 bits per heavy atom. The molecule has 0 atom stereocenters. The van der Waals surface area contributed by atoms with Crippen LogP contribution >= 0.6 is 0 Å². The topological polar surface area (TPSA) is 51.0 Å². The Hall–Kier alpha value is -3.16. The van der Waals surface area contributed by atoms with Crippen LogP contribution in [0.2, 0.25) is 0 Å². The second-order valence-corrected chi connectivity index (χ2v) is 8.49. The number of aromatic nitrogens is 3. The Morgan fingerprint density at radius 1 is 0.974 bits per heavy atom. The van der Waals surface area contributed by atoms with Crippen LogP contribution in [-0.4, -0.2) is 20.7 Å². The van der Waals surface area contributed by atoms with Crippen LogP contribution in [0.3, 0.4) is 0 Å². The third-order valence-corrected chi connectivity index (χ3v) is 6.31. The third kappa shape index (κ3) is 8.43. The first-order valence-electron chi connectivity index (χ1n) is 13.6. The Bertz CT molecular complexity index is 1110. The summed E-state index contributed by atoms with van der Waals surface area (Å²) in [7, 11) is 2.00. The minimum absolute atomic E-state index is 0.0446. The second kappa shape index (κ2) is 15.9. The minimum Gasteiger partial charge on any atom is -0.321 e. The fourth-order valence-electron chi connectivity index (χ4n) is 4.07. The van der Waals surface area contributed by atoms with E-state index < -0.39 is 11.7 Å². The van der Waals surface area contributed by atoms with Crippen LogP contribution in [0.5, 0.6) is 0 Å². The van der Waals surface area contributed by atoms with E-state index in [2.05, 4.69) is 24.0 Å². The molecule has 0 unspecified atom stereocenters. The van der Waals surface area contributed by atoms with E-state index in [-0.39, 0.29) is 23.6 Å². The molecule has 5 nitrogen and oxygen atoms in total. The lowest BCUT2D eigenvalue weighted by atomic mass is 9.98. The summed E-state index contributed by atoms with van der Waals surface area (Å²) in [6.45, 7) is 14.2. The fraction of sp³-hybridized carbons (Fsp3) is 0.500. The molecule has 0 N–H and O–H groups in total. The van der Waals surface area contributed by atoms with Gasteiger partial charge in [0.2, 0.25) is 0 Å². The number of nitrogens with zero attached hydrogens (tertiary/aromatic N) is 4. The number of para-hydroxylation sites is 1. The molecule has 1 aromatic heterocycles. The second-order valence-electron chi connectivity index (χ2n) is 8.49. The maximum absolute atomic E-state index is 13.3. The van der Waals surface area contributed by atoms with Gasteiger partial charge in [-0.1, -0.05) is 79.5 Å². The predicted octanol–water partition coefficient (Wildman–Crippen LogP) is 8.27. The van der Waals surface area contributed by atoms with Crippen molar-refractivity contribution in [1.82, 2.24) is 14.8 Å². The Balaban J connectivity index is 0.000000383. The number of carbonyl (C=O) groups excluding carboxylic acids is 1. The first-order chi connectivity index (χ1) is 18.2. The molecule has 8 heteroatoms. The van der Waals surface area contributed by atoms with Crippen LogP contribution < -0.4 is 4.90 Å². The largest absolute Gasteiger partial charge is 0.416 e. The van der Waals surface area contributed by atoms with Gasteiger partial charge in [0.05, 0.1) is 12.1 Å². The van der Waals surface area contributed by atoms with E-state index in [9.17, 15) is 18.0 Å². The highest BCUT2D eigenvalue weighted by Crippen LogP contribution is 2.39. The zero-order chi connectivity index (χ0) is 28.9. The number of fused-ring (bicyclic) bond motifs is 1. The molecule has 0 saturated heterocycles. The summed E-state index contributed by atoms with van der Waals surface area (Å²) in [4.78, 5) is 13.9. The van der Waals surface area contributed by atoms with Crippen LogP contribution in [0.1, 0.15) is 94.2 Å². The molecule has 1 aliphatic heterocycles. The predicted molar refractivity (Wildman–Crippen MR) is 149 cm³/mol. The van der Waals surface area contributed by atoms with E-state index in [1.807, 2.05) is 39.3 Å². The van der Waals surface area contributed by atoms with Crippen molar-refractivity contribution < 1.29 is 18.0 Å². The summed E-state index contributed by atoms with van der Waals surface area (Å²) in [5.74, 6) is 1.48. The molecule has 4 rings (SSSR count). The van der Waals surface area contributed by atoms with Gasteiger partial charge in [0.1, 0.15) is 12.2 Å². The number of hydrogen-bond donors (Lipinski definition) is 0. The van der Waals surface area contributed by atoms with Gasteiger partial charge in [-0.25, -0.2) is 0 Å². The molecule has 2 aromatic carbocycles. The van der Waals surface area contributed by atoms with E-state index in [0.717, 1.165) is 24.2 Å². The van der Waals surface area contributed by atoms with E-state index in [1.54, 1.807) is 49.6 Å². The highest BCUT2D eigenvalue weighted by atomic mass is 19.4. The quantitative estimate of drug-likeness (QED) is 0.321. The number of carbonyl (C=O) groups is 1. The van der Waals surface area contributed by atoms with Crippen molar-refractivity contribution in [2.75, 3.05) is 4.90 Å². The standard InChI is InChI=1S/C17H14F3NO.C9H17N3.2C2H6/c1-2-11-8-13-14(15(9-11)17(18,19)20)10-21(16(13)22)12-6-4-3-5-7-12;1-4-8(5-2)6-9-11-10-7-12(9)3;2*1-2/h3-9H,2,10H2,1H3;7-8H,4-6H2,1-3H3;2*1-2H3. The maximum Gasteiger partial charge on any atom is 0.416 e. The lowest BCUT2D eigenvalue weighted by Crippen LogP contribution is -2.22. The van der Waals surface area contributed by atoms with Crippen LogP contribution in [0.25, 0.3) is 0 Å². The van der Waals surface area contributed by atoms with Gasteiger partial charge in [-0.3, -0.25) is 4.79 Å². The molecular formula is C30H43F3N4O. The Labute approximate surface area is 226 Å². The average molecular weight is 533 g/mol. The first kappa shape index (κ1) is 32.9. The lowest BCUT2D eigenvalue weighted by Gasteiger charge is -2.16. The highest BCUT2D eigenvalue weighted by molar-refractivity contribution is 6.10. The number of alkyl halides is 3. The smallest absolute Gasteiger partial charge is 0.321 e. The number of halogens is 3. The van der Waals surface area contributed by atoms with Crippen LogP contribution in [0.15, 0.2) is 48.8 Å². The highest BCUT2D eigenvalue weighted by Gasteiger charge is 2.40. The zero-order valence-electron chi connectivity index (χ0n) is 24.1. The van der Waals surface area contributed by atoms with E-state index in [4.69, 9.17) is 0 Å². The van der Waals surface area contributed by atoms with E-state index in [1.165, 1.54) is 17.7 Å². The third-order valence-electron chi connectivity index (χ3n) is 6.31. The summed E-state index contributed by atoms with van der Waals surface area (Å²) in [5.41, 5.74) is 0.659. The molecule has 0 fully saturated rings. The number of hydrogen-bond acceptors (Lipinski definition) is 3. The molecule has 1 aliphatic rings. The molecule has 210 valence electrons. The van der Waals surface area contributed by atoms with Crippen molar-refractivity contribution in [3.63, 3.8) is 0 Å². The van der Waals surface area contributed by atoms with Crippen molar-refractivity contribution >= 4 is 11.6 Å². The van der Waals surface area contributed by atoms with Gasteiger partial charge >= 0.3 is 6.18 Å². The monoisotopic (exact) mass is 532 g/mol. The summed E-state index contributed by atoms with van der Waals surface area (Å²) in [6.07, 6.45) is 1.27. The summed E-state index contributed by atoms with van der Waals surface area (Å²) >= 11 is 0. The van der Waals surface area contributed by atoms with Crippen LogP contribution in [0.4, 0.5) is 18.9 Å². The number of rotatable bonds is 6. The molecule has 3 aromatic rings. The van der Waals surface area contributed by atoms with E-state index >= 15 is 0 Å². The molecular weight excluding hydrogens is 489 g/mol. The van der Waals surface area contributed by atoms with Crippen LogP contribution in [-0.2, 0) is 32.6 Å². The minimum atomic E-state index is -4.46. The summed E-state index contributed by atoms with van der Waals surface area (Å²) in [6, 6.07) is 11.5. The van der Waals surface area contributed by atoms with Crippen molar-refractivity contribution in [3.8, 4) is 0 Å². The number of benzene rings is 2.